The summed E-state index contributed by atoms with van der Waals surface area (Å²) in [6.07, 6.45) is 3.32. The minimum absolute atomic E-state index is 0.947. The first-order valence-electron chi connectivity index (χ1n) is 9.78. The van der Waals surface area contributed by atoms with Crippen LogP contribution in [0.5, 0.6) is 0 Å². The fraction of sp³-hybridized carbons (Fsp3) is 0.0370. The first-order chi connectivity index (χ1) is 13.9. The number of allylic oxidation sites excluding steroid dienone is 1. The summed E-state index contributed by atoms with van der Waals surface area (Å²) in [5.41, 5.74) is 1.34. The molecule has 0 radical (unpaired) electrons. The molecule has 1 heteroatoms. The van der Waals surface area contributed by atoms with Crippen LogP contribution in [0.2, 0.25) is 0 Å². The van der Waals surface area contributed by atoms with Crippen molar-refractivity contribution >= 4 is 23.2 Å². The van der Waals surface area contributed by atoms with Crippen molar-refractivity contribution in [3.8, 4) is 0 Å². The van der Waals surface area contributed by atoms with Crippen molar-refractivity contribution in [3.63, 3.8) is 0 Å². The van der Waals surface area contributed by atoms with Crippen molar-refractivity contribution in [3.05, 3.63) is 139 Å². The van der Waals surface area contributed by atoms with Gasteiger partial charge in [-0.3, -0.25) is 0 Å². The van der Waals surface area contributed by atoms with Crippen LogP contribution < -0.4 is 15.9 Å². The van der Waals surface area contributed by atoms with E-state index in [-0.39, 0.29) is 0 Å². The van der Waals surface area contributed by atoms with Crippen LogP contribution in [0.1, 0.15) is 5.56 Å². The molecule has 0 aliphatic heterocycles. The van der Waals surface area contributed by atoms with Crippen LogP contribution in [0.25, 0.3) is 0 Å². The second-order valence-electron chi connectivity index (χ2n) is 7.00. The van der Waals surface area contributed by atoms with E-state index in [9.17, 15) is 0 Å². The Hall–Kier alpha value is -2.95. The van der Waals surface area contributed by atoms with E-state index < -0.39 is 7.26 Å². The molecule has 4 aromatic rings. The van der Waals surface area contributed by atoms with Gasteiger partial charge in [0, 0.05) is 0 Å². The molecule has 0 saturated heterocycles. The Morgan fingerprint density at radius 2 is 0.821 bits per heavy atom. The maximum absolute atomic E-state index is 2.51. The van der Waals surface area contributed by atoms with Crippen LogP contribution in [0.4, 0.5) is 0 Å². The van der Waals surface area contributed by atoms with E-state index in [4.69, 9.17) is 0 Å². The van der Waals surface area contributed by atoms with Crippen LogP contribution in [0, 0.1) is 0 Å². The summed E-state index contributed by atoms with van der Waals surface area (Å²) in [4.78, 5) is 0. The average molecular weight is 380 g/mol. The number of rotatable bonds is 6. The van der Waals surface area contributed by atoms with Gasteiger partial charge in [-0.25, -0.2) is 0 Å². The summed E-state index contributed by atoms with van der Waals surface area (Å²) in [7, 11) is -2.26. The zero-order valence-corrected chi connectivity index (χ0v) is 16.9. The van der Waals surface area contributed by atoms with Gasteiger partial charge in [0.2, 0.25) is 0 Å². The molecule has 138 valence electrons. The molecule has 0 unspecified atom stereocenters. The summed E-state index contributed by atoms with van der Waals surface area (Å²) < 4.78 is 0. The molecule has 4 rings (SSSR count). The number of hydrogen-bond donors (Lipinski definition) is 0. The molecule has 0 spiro atoms. The Morgan fingerprint density at radius 1 is 0.464 bits per heavy atom. The molecule has 0 bridgehead atoms. The Labute approximate surface area is 168 Å². The number of benzene rings is 4. The second kappa shape index (κ2) is 8.83. The summed E-state index contributed by atoms with van der Waals surface area (Å²) in [5, 5.41) is 4.24. The van der Waals surface area contributed by atoms with Gasteiger partial charge in [-0.2, -0.15) is 0 Å². The van der Waals surface area contributed by atoms with Gasteiger partial charge in [0.15, 0.2) is 0 Å². The molecule has 0 nitrogen and oxygen atoms in total. The van der Waals surface area contributed by atoms with Crippen LogP contribution in [-0.2, 0) is 6.42 Å². The molecular weight excluding hydrogens is 355 g/mol. The van der Waals surface area contributed by atoms with Gasteiger partial charge in [0.1, 0.15) is 0 Å². The molecule has 0 atom stereocenters. The first-order valence-corrected chi connectivity index (χ1v) is 11.9. The van der Waals surface area contributed by atoms with Crippen molar-refractivity contribution < 1.29 is 0 Å². The molecule has 0 saturated carbocycles. The molecule has 0 amide bonds. The van der Waals surface area contributed by atoms with E-state index in [2.05, 4.69) is 133 Å². The van der Waals surface area contributed by atoms with Crippen LogP contribution >= 0.6 is 7.26 Å². The maximum atomic E-state index is 2.51. The Morgan fingerprint density at radius 3 is 1.21 bits per heavy atom. The SMILES string of the molecule is C(=C[PH](c1ccccc1)(c1ccccc1)c1ccccc1)Cc1ccccc1. The zero-order chi connectivity index (χ0) is 19.1. The first kappa shape index (κ1) is 18.4. The molecule has 0 fully saturated rings. The van der Waals surface area contributed by atoms with Gasteiger partial charge in [-0.05, 0) is 0 Å². The quantitative estimate of drug-likeness (QED) is 0.389. The van der Waals surface area contributed by atoms with E-state index in [1.54, 1.807) is 0 Å². The fourth-order valence-corrected chi connectivity index (χ4v) is 8.08. The molecule has 0 aliphatic rings. The van der Waals surface area contributed by atoms with Crippen molar-refractivity contribution in [2.24, 2.45) is 0 Å². The second-order valence-corrected chi connectivity index (χ2v) is 10.7. The predicted molar refractivity (Wildman–Crippen MR) is 126 cm³/mol. The summed E-state index contributed by atoms with van der Waals surface area (Å²) in [6.45, 7) is 0. The summed E-state index contributed by atoms with van der Waals surface area (Å²) >= 11 is 0. The van der Waals surface area contributed by atoms with Crippen molar-refractivity contribution in [2.75, 3.05) is 0 Å². The molecule has 0 N–H and O–H groups in total. The van der Waals surface area contributed by atoms with Gasteiger partial charge in [-0.1, -0.05) is 0 Å². The topological polar surface area (TPSA) is 0 Å². The third-order valence-electron chi connectivity index (χ3n) is 5.25. The van der Waals surface area contributed by atoms with Gasteiger partial charge < -0.3 is 0 Å². The third kappa shape index (κ3) is 3.84. The van der Waals surface area contributed by atoms with Gasteiger partial charge >= 0.3 is 168 Å². The normalized spacial score (nSPS) is 12.1. The summed E-state index contributed by atoms with van der Waals surface area (Å²) in [5.74, 6) is 2.51. The molecule has 4 aromatic carbocycles. The molecule has 0 aromatic heterocycles. The average Bonchev–Trinajstić information content (AvgIpc) is 2.79. The third-order valence-corrected chi connectivity index (χ3v) is 9.72. The Kier molecular flexibility index (Phi) is 5.80. The number of hydrogen-bond acceptors (Lipinski definition) is 0. The molecular formula is C27H25P. The van der Waals surface area contributed by atoms with Gasteiger partial charge in [0.05, 0.1) is 0 Å². The molecule has 28 heavy (non-hydrogen) atoms. The van der Waals surface area contributed by atoms with E-state index in [0.717, 1.165) is 6.42 Å². The van der Waals surface area contributed by atoms with Crippen LogP contribution in [0.3, 0.4) is 0 Å². The van der Waals surface area contributed by atoms with Crippen molar-refractivity contribution in [2.45, 2.75) is 6.42 Å². The van der Waals surface area contributed by atoms with Crippen LogP contribution in [0.15, 0.2) is 133 Å². The summed E-state index contributed by atoms with van der Waals surface area (Å²) in [6, 6.07) is 43.7. The van der Waals surface area contributed by atoms with Crippen molar-refractivity contribution in [1.29, 1.82) is 0 Å². The van der Waals surface area contributed by atoms with Gasteiger partial charge in [-0.15, -0.1) is 0 Å². The molecule has 0 aliphatic carbocycles. The van der Waals surface area contributed by atoms with E-state index in [0.29, 0.717) is 0 Å². The predicted octanol–water partition coefficient (Wildman–Crippen LogP) is 5.47. The minimum atomic E-state index is -2.26. The standard InChI is InChI=1S/C27H25P/c1-5-14-24(15-6-1)16-13-23-28(25-17-7-2-8-18-25,26-19-9-3-10-20-26)27-21-11-4-12-22-27/h1-15,17-23,28H,16H2. The monoisotopic (exact) mass is 380 g/mol. The fourth-order valence-electron chi connectivity index (χ4n) is 3.88. The Bertz CT molecular complexity index is 910. The van der Waals surface area contributed by atoms with E-state index in [1.165, 1.54) is 21.5 Å². The van der Waals surface area contributed by atoms with E-state index in [1.807, 2.05) is 0 Å². The van der Waals surface area contributed by atoms with Crippen LogP contribution in [-0.4, -0.2) is 0 Å². The Balaban J connectivity index is 1.88. The zero-order valence-electron chi connectivity index (χ0n) is 15.9. The van der Waals surface area contributed by atoms with Crippen molar-refractivity contribution in [1.82, 2.24) is 0 Å². The molecule has 0 heterocycles. The van der Waals surface area contributed by atoms with E-state index >= 15 is 0 Å². The van der Waals surface area contributed by atoms with Gasteiger partial charge in [0.25, 0.3) is 0 Å².